The van der Waals surface area contributed by atoms with Gasteiger partial charge in [-0.2, -0.15) is 4.31 Å². The summed E-state index contributed by atoms with van der Waals surface area (Å²) in [6.07, 6.45) is 3.32. The van der Waals surface area contributed by atoms with Crippen molar-refractivity contribution >= 4 is 15.9 Å². The summed E-state index contributed by atoms with van der Waals surface area (Å²) in [5.41, 5.74) is 2.52. The number of likely N-dealkylation sites (N-methyl/N-ethyl adjacent to an activating group) is 1. The van der Waals surface area contributed by atoms with Crippen LogP contribution in [0.3, 0.4) is 0 Å². The number of nitrogens with zero attached hydrogens (tertiary/aromatic N) is 2. The van der Waals surface area contributed by atoms with E-state index in [1.165, 1.54) is 4.31 Å². The SMILES string of the molecule is CCN(CC1CCCO1)C(=O)C1CCCN1S(=O)(=O)c1c(C)cc(C)cc1C. The summed E-state index contributed by atoms with van der Waals surface area (Å²) in [7, 11) is -3.73. The largest absolute Gasteiger partial charge is 0.376 e. The van der Waals surface area contributed by atoms with Gasteiger partial charge in [-0.05, 0) is 64.5 Å². The van der Waals surface area contributed by atoms with E-state index in [0.717, 1.165) is 36.1 Å². The Morgan fingerprint density at radius 3 is 2.43 bits per heavy atom. The highest BCUT2D eigenvalue weighted by molar-refractivity contribution is 7.89. The zero-order valence-electron chi connectivity index (χ0n) is 17.4. The number of hydrogen-bond donors (Lipinski definition) is 0. The quantitative estimate of drug-likeness (QED) is 0.726. The van der Waals surface area contributed by atoms with Crippen LogP contribution in [0.1, 0.15) is 49.3 Å². The molecule has 2 unspecified atom stereocenters. The lowest BCUT2D eigenvalue weighted by molar-refractivity contribution is -0.136. The summed E-state index contributed by atoms with van der Waals surface area (Å²) < 4.78 is 34.1. The molecule has 3 rings (SSSR count). The van der Waals surface area contributed by atoms with Crippen molar-refractivity contribution < 1.29 is 17.9 Å². The van der Waals surface area contributed by atoms with Gasteiger partial charge in [-0.3, -0.25) is 4.79 Å². The molecule has 0 aliphatic carbocycles. The van der Waals surface area contributed by atoms with E-state index in [1.807, 2.05) is 39.8 Å². The summed E-state index contributed by atoms with van der Waals surface area (Å²) in [6.45, 7) is 9.80. The summed E-state index contributed by atoms with van der Waals surface area (Å²) >= 11 is 0. The molecule has 0 spiro atoms. The van der Waals surface area contributed by atoms with Crippen molar-refractivity contribution in [2.45, 2.75) is 70.4 Å². The molecule has 2 aliphatic rings. The molecule has 0 bridgehead atoms. The van der Waals surface area contributed by atoms with Gasteiger partial charge < -0.3 is 9.64 Å². The summed E-state index contributed by atoms with van der Waals surface area (Å²) in [5.74, 6) is -0.0958. The van der Waals surface area contributed by atoms with Crippen LogP contribution in [0.2, 0.25) is 0 Å². The molecule has 2 atom stereocenters. The van der Waals surface area contributed by atoms with Crippen molar-refractivity contribution in [2.24, 2.45) is 0 Å². The third-order valence-electron chi connectivity index (χ3n) is 5.80. The normalized spacial score (nSPS) is 23.3. The number of carbonyl (C=O) groups excluding carboxylic acids is 1. The molecule has 2 aliphatic heterocycles. The predicted molar refractivity (Wildman–Crippen MR) is 109 cm³/mol. The Hall–Kier alpha value is -1.44. The first-order valence-corrected chi connectivity index (χ1v) is 11.7. The Labute approximate surface area is 168 Å². The van der Waals surface area contributed by atoms with Gasteiger partial charge in [0.15, 0.2) is 0 Å². The molecule has 0 saturated carbocycles. The third kappa shape index (κ3) is 4.11. The molecule has 2 heterocycles. The molecule has 7 heteroatoms. The van der Waals surface area contributed by atoms with Gasteiger partial charge in [-0.1, -0.05) is 17.7 Å². The van der Waals surface area contributed by atoms with Crippen LogP contribution in [0.5, 0.6) is 0 Å². The van der Waals surface area contributed by atoms with Crippen molar-refractivity contribution in [3.05, 3.63) is 28.8 Å². The summed E-state index contributed by atoms with van der Waals surface area (Å²) in [5, 5.41) is 0. The minimum absolute atomic E-state index is 0.0666. The molecule has 28 heavy (non-hydrogen) atoms. The van der Waals surface area contributed by atoms with Crippen LogP contribution >= 0.6 is 0 Å². The molecular formula is C21H32N2O4S. The second-order valence-electron chi connectivity index (χ2n) is 8.01. The molecule has 1 amide bonds. The number of rotatable bonds is 6. The average Bonchev–Trinajstić information content (AvgIpc) is 3.29. The average molecular weight is 409 g/mol. The number of ether oxygens (including phenoxy) is 1. The number of amides is 1. The number of benzene rings is 1. The van der Waals surface area contributed by atoms with E-state index in [4.69, 9.17) is 4.74 Å². The number of carbonyl (C=O) groups is 1. The van der Waals surface area contributed by atoms with Crippen molar-refractivity contribution in [3.8, 4) is 0 Å². The summed E-state index contributed by atoms with van der Waals surface area (Å²) in [4.78, 5) is 15.4. The fourth-order valence-electron chi connectivity index (χ4n) is 4.59. The fourth-order valence-corrected chi connectivity index (χ4v) is 6.65. The van der Waals surface area contributed by atoms with Gasteiger partial charge in [0, 0.05) is 26.2 Å². The minimum atomic E-state index is -3.73. The first kappa shape index (κ1) is 21.3. The smallest absolute Gasteiger partial charge is 0.244 e. The fraction of sp³-hybridized carbons (Fsp3) is 0.667. The summed E-state index contributed by atoms with van der Waals surface area (Å²) in [6, 6.07) is 3.16. The van der Waals surface area contributed by atoms with Gasteiger partial charge in [0.25, 0.3) is 0 Å². The van der Waals surface area contributed by atoms with E-state index in [9.17, 15) is 13.2 Å². The second kappa shape index (κ2) is 8.51. The number of aryl methyl sites for hydroxylation is 3. The lowest BCUT2D eigenvalue weighted by atomic mass is 10.1. The zero-order chi connectivity index (χ0) is 20.5. The van der Waals surface area contributed by atoms with Gasteiger partial charge in [-0.25, -0.2) is 8.42 Å². The van der Waals surface area contributed by atoms with E-state index < -0.39 is 16.1 Å². The molecule has 156 valence electrons. The zero-order valence-corrected chi connectivity index (χ0v) is 18.2. The lowest BCUT2D eigenvalue weighted by Gasteiger charge is -2.31. The lowest BCUT2D eigenvalue weighted by Crippen LogP contribution is -2.49. The van der Waals surface area contributed by atoms with E-state index in [1.54, 1.807) is 4.90 Å². The van der Waals surface area contributed by atoms with Gasteiger partial charge in [-0.15, -0.1) is 0 Å². The number of sulfonamides is 1. The van der Waals surface area contributed by atoms with Crippen LogP contribution in [0.25, 0.3) is 0 Å². The highest BCUT2D eigenvalue weighted by atomic mass is 32.2. The van der Waals surface area contributed by atoms with Crippen molar-refractivity contribution in [1.29, 1.82) is 0 Å². The van der Waals surface area contributed by atoms with Crippen molar-refractivity contribution in [2.75, 3.05) is 26.2 Å². The molecule has 6 nitrogen and oxygen atoms in total. The van der Waals surface area contributed by atoms with Gasteiger partial charge in [0.1, 0.15) is 6.04 Å². The highest BCUT2D eigenvalue weighted by Crippen LogP contribution is 2.31. The van der Waals surface area contributed by atoms with E-state index >= 15 is 0 Å². The van der Waals surface area contributed by atoms with Crippen LogP contribution in [0.4, 0.5) is 0 Å². The monoisotopic (exact) mass is 408 g/mol. The maximum atomic E-state index is 13.5. The maximum Gasteiger partial charge on any atom is 0.244 e. The molecule has 1 aromatic rings. The van der Waals surface area contributed by atoms with Crippen LogP contribution in [0.15, 0.2) is 17.0 Å². The molecule has 0 N–H and O–H groups in total. The van der Waals surface area contributed by atoms with E-state index in [2.05, 4.69) is 0 Å². The van der Waals surface area contributed by atoms with Crippen molar-refractivity contribution in [1.82, 2.24) is 9.21 Å². The molecule has 0 radical (unpaired) electrons. The standard InChI is InChI=1S/C21H32N2O4S/c1-5-22(14-18-8-7-11-27-18)21(24)19-9-6-10-23(19)28(25,26)20-16(3)12-15(2)13-17(20)4/h12-13,18-19H,5-11,14H2,1-4H3. The molecule has 0 aromatic heterocycles. The molecule has 2 fully saturated rings. The third-order valence-corrected chi connectivity index (χ3v) is 8.02. The Morgan fingerprint density at radius 2 is 1.86 bits per heavy atom. The molecule has 1 aromatic carbocycles. The minimum Gasteiger partial charge on any atom is -0.376 e. The van der Waals surface area contributed by atoms with E-state index in [-0.39, 0.29) is 12.0 Å². The van der Waals surface area contributed by atoms with Crippen LogP contribution < -0.4 is 0 Å². The Morgan fingerprint density at radius 1 is 1.18 bits per heavy atom. The highest BCUT2D eigenvalue weighted by Gasteiger charge is 2.42. The van der Waals surface area contributed by atoms with Gasteiger partial charge in [0.2, 0.25) is 15.9 Å². The van der Waals surface area contributed by atoms with E-state index in [0.29, 0.717) is 37.4 Å². The van der Waals surface area contributed by atoms with Crippen LogP contribution in [0, 0.1) is 20.8 Å². The van der Waals surface area contributed by atoms with Gasteiger partial charge in [0.05, 0.1) is 11.0 Å². The predicted octanol–water partition coefficient (Wildman–Crippen LogP) is 2.79. The van der Waals surface area contributed by atoms with Crippen LogP contribution in [-0.4, -0.2) is 61.9 Å². The van der Waals surface area contributed by atoms with Crippen LogP contribution in [-0.2, 0) is 19.6 Å². The second-order valence-corrected chi connectivity index (χ2v) is 9.84. The topological polar surface area (TPSA) is 66.9 Å². The number of hydrogen-bond acceptors (Lipinski definition) is 4. The van der Waals surface area contributed by atoms with Gasteiger partial charge >= 0.3 is 0 Å². The molecule has 2 saturated heterocycles. The Kier molecular flexibility index (Phi) is 6.47. The Bertz CT molecular complexity index is 808. The Balaban J connectivity index is 1.86. The molecular weight excluding hydrogens is 376 g/mol. The van der Waals surface area contributed by atoms with Crippen molar-refractivity contribution in [3.63, 3.8) is 0 Å². The maximum absolute atomic E-state index is 13.5. The first-order valence-electron chi connectivity index (χ1n) is 10.3. The first-order chi connectivity index (χ1) is 13.3.